The summed E-state index contributed by atoms with van der Waals surface area (Å²) in [6.07, 6.45) is 0.951. The van der Waals surface area contributed by atoms with E-state index in [1.54, 1.807) is 20.2 Å². The maximum absolute atomic E-state index is 12.6. The van der Waals surface area contributed by atoms with Crippen LogP contribution in [0.1, 0.15) is 18.1 Å². The van der Waals surface area contributed by atoms with Crippen molar-refractivity contribution in [2.24, 2.45) is 5.16 Å². The van der Waals surface area contributed by atoms with Crippen LogP contribution in [0.2, 0.25) is 0 Å². The zero-order valence-corrected chi connectivity index (χ0v) is 16.5. The van der Waals surface area contributed by atoms with Gasteiger partial charge < -0.3 is 14.5 Å². The summed E-state index contributed by atoms with van der Waals surface area (Å²) in [5.41, 5.74) is 2.10. The Labute approximate surface area is 166 Å². The van der Waals surface area contributed by atoms with E-state index in [0.717, 1.165) is 25.2 Å². The van der Waals surface area contributed by atoms with Crippen molar-refractivity contribution < 1.29 is 14.4 Å². The summed E-state index contributed by atoms with van der Waals surface area (Å²) in [6, 6.07) is 17.9. The third kappa shape index (κ3) is 5.33. The van der Waals surface area contributed by atoms with Gasteiger partial charge in [0.15, 0.2) is 0 Å². The summed E-state index contributed by atoms with van der Waals surface area (Å²) in [4.78, 5) is 22.2. The summed E-state index contributed by atoms with van der Waals surface area (Å²) in [6.45, 7) is 5.78. The Hall–Kier alpha value is -2.86. The first kappa shape index (κ1) is 19.9. The van der Waals surface area contributed by atoms with Gasteiger partial charge in [0.25, 0.3) is 5.91 Å². The molecule has 0 aromatic heterocycles. The fraction of sp³-hybridized carbons (Fsp3) is 0.364. The SMILES string of the molecule is COc1ccccc1/C=N\O[C@@H](C)C(=O)N1CCN(Cc2ccccc2)CC1. The lowest BCUT2D eigenvalue weighted by atomic mass is 10.2. The molecule has 2 aromatic carbocycles. The molecule has 1 amide bonds. The monoisotopic (exact) mass is 381 g/mol. The predicted octanol–water partition coefficient (Wildman–Crippen LogP) is 2.78. The van der Waals surface area contributed by atoms with Crippen LogP contribution >= 0.6 is 0 Å². The van der Waals surface area contributed by atoms with Gasteiger partial charge >= 0.3 is 0 Å². The highest BCUT2D eigenvalue weighted by molar-refractivity contribution is 5.83. The number of piperazine rings is 1. The third-order valence-corrected chi connectivity index (χ3v) is 4.83. The van der Waals surface area contributed by atoms with Gasteiger partial charge in [-0.15, -0.1) is 0 Å². The zero-order chi connectivity index (χ0) is 19.8. The molecule has 1 fully saturated rings. The predicted molar refractivity (Wildman–Crippen MR) is 109 cm³/mol. The quantitative estimate of drug-likeness (QED) is 0.547. The molecule has 0 saturated carbocycles. The second-order valence-electron chi connectivity index (χ2n) is 6.81. The molecule has 1 aliphatic heterocycles. The number of methoxy groups -OCH3 is 1. The van der Waals surface area contributed by atoms with Crippen LogP contribution in [-0.2, 0) is 16.2 Å². The number of nitrogens with zero attached hydrogens (tertiary/aromatic N) is 3. The number of carbonyl (C=O) groups excluding carboxylic acids is 1. The largest absolute Gasteiger partial charge is 0.496 e. The standard InChI is InChI=1S/C22H27N3O3/c1-18(28-23-16-20-10-6-7-11-21(20)27-2)22(26)25-14-12-24(13-15-25)17-19-8-4-3-5-9-19/h3-11,16,18H,12-15,17H2,1-2H3/b23-16-/t18-/m0/s1. The smallest absolute Gasteiger partial charge is 0.266 e. The van der Waals surface area contributed by atoms with Gasteiger partial charge in [-0.2, -0.15) is 0 Å². The Morgan fingerprint density at radius 1 is 1.07 bits per heavy atom. The van der Waals surface area contributed by atoms with Gasteiger partial charge in [-0.05, 0) is 24.6 Å². The van der Waals surface area contributed by atoms with Gasteiger partial charge in [-0.1, -0.05) is 47.6 Å². The van der Waals surface area contributed by atoms with Gasteiger partial charge in [-0.25, -0.2) is 0 Å². The summed E-state index contributed by atoms with van der Waals surface area (Å²) < 4.78 is 5.27. The van der Waals surface area contributed by atoms with Crippen molar-refractivity contribution in [1.29, 1.82) is 0 Å². The number of rotatable bonds is 7. The molecule has 6 heteroatoms. The van der Waals surface area contributed by atoms with E-state index >= 15 is 0 Å². The van der Waals surface area contributed by atoms with Crippen LogP contribution in [0.25, 0.3) is 0 Å². The van der Waals surface area contributed by atoms with E-state index in [4.69, 9.17) is 9.57 Å². The van der Waals surface area contributed by atoms with Crippen molar-refractivity contribution in [1.82, 2.24) is 9.80 Å². The van der Waals surface area contributed by atoms with Crippen molar-refractivity contribution in [3.8, 4) is 5.75 Å². The first-order valence-electron chi connectivity index (χ1n) is 9.54. The van der Waals surface area contributed by atoms with E-state index in [0.29, 0.717) is 18.8 Å². The molecule has 0 unspecified atom stereocenters. The second-order valence-corrected chi connectivity index (χ2v) is 6.81. The van der Waals surface area contributed by atoms with Crippen LogP contribution in [0, 0.1) is 0 Å². The average Bonchev–Trinajstić information content (AvgIpc) is 2.75. The van der Waals surface area contributed by atoms with Crippen molar-refractivity contribution in [3.63, 3.8) is 0 Å². The van der Waals surface area contributed by atoms with Crippen molar-refractivity contribution in [2.45, 2.75) is 19.6 Å². The van der Waals surface area contributed by atoms with Crippen LogP contribution < -0.4 is 4.74 Å². The first-order chi connectivity index (χ1) is 13.7. The number of ether oxygens (including phenoxy) is 1. The summed E-state index contributed by atoms with van der Waals surface area (Å²) >= 11 is 0. The van der Waals surface area contributed by atoms with Crippen LogP contribution in [0.5, 0.6) is 5.75 Å². The number of hydrogen-bond donors (Lipinski definition) is 0. The fourth-order valence-corrected chi connectivity index (χ4v) is 3.22. The molecule has 148 valence electrons. The van der Waals surface area contributed by atoms with Crippen LogP contribution in [0.4, 0.5) is 0 Å². The molecule has 3 rings (SSSR count). The van der Waals surface area contributed by atoms with Gasteiger partial charge in [0.1, 0.15) is 5.75 Å². The Kier molecular flexibility index (Phi) is 7.03. The third-order valence-electron chi connectivity index (χ3n) is 4.83. The molecular weight excluding hydrogens is 354 g/mol. The highest BCUT2D eigenvalue weighted by atomic mass is 16.6. The lowest BCUT2D eigenvalue weighted by Crippen LogP contribution is -2.50. The normalized spacial score (nSPS) is 16.1. The van der Waals surface area contributed by atoms with Crippen LogP contribution in [0.3, 0.4) is 0 Å². The lowest BCUT2D eigenvalue weighted by Gasteiger charge is -2.35. The molecule has 1 aliphatic rings. The van der Waals surface area contributed by atoms with Gasteiger partial charge in [0.2, 0.25) is 6.10 Å². The van der Waals surface area contributed by atoms with E-state index in [2.05, 4.69) is 34.3 Å². The molecular formula is C22H27N3O3. The highest BCUT2D eigenvalue weighted by Gasteiger charge is 2.26. The minimum absolute atomic E-state index is 0.0310. The zero-order valence-electron chi connectivity index (χ0n) is 16.5. The maximum Gasteiger partial charge on any atom is 0.266 e. The van der Waals surface area contributed by atoms with Crippen molar-refractivity contribution in [2.75, 3.05) is 33.3 Å². The molecule has 0 bridgehead atoms. The van der Waals surface area contributed by atoms with Crippen LogP contribution in [0.15, 0.2) is 59.8 Å². The molecule has 1 heterocycles. The van der Waals surface area contributed by atoms with Gasteiger partial charge in [0.05, 0.1) is 13.3 Å². The van der Waals surface area contributed by atoms with Crippen molar-refractivity contribution >= 4 is 12.1 Å². The average molecular weight is 381 g/mol. The first-order valence-corrected chi connectivity index (χ1v) is 9.54. The molecule has 28 heavy (non-hydrogen) atoms. The van der Waals surface area contributed by atoms with E-state index < -0.39 is 6.10 Å². The van der Waals surface area contributed by atoms with E-state index in [1.165, 1.54) is 5.56 Å². The molecule has 6 nitrogen and oxygen atoms in total. The highest BCUT2D eigenvalue weighted by Crippen LogP contribution is 2.15. The summed E-state index contributed by atoms with van der Waals surface area (Å²) in [7, 11) is 1.61. The fourth-order valence-electron chi connectivity index (χ4n) is 3.22. The topological polar surface area (TPSA) is 54.4 Å². The Morgan fingerprint density at radius 3 is 2.46 bits per heavy atom. The summed E-state index contributed by atoms with van der Waals surface area (Å²) in [5.74, 6) is 0.680. The van der Waals surface area contributed by atoms with E-state index in [1.807, 2.05) is 35.2 Å². The lowest BCUT2D eigenvalue weighted by molar-refractivity contribution is -0.144. The summed E-state index contributed by atoms with van der Waals surface area (Å²) in [5, 5.41) is 3.97. The molecule has 0 N–H and O–H groups in total. The Bertz CT molecular complexity index is 787. The van der Waals surface area contributed by atoms with Gasteiger partial charge in [0, 0.05) is 38.3 Å². The molecule has 2 aromatic rings. The number of oxime groups is 1. The molecule has 0 spiro atoms. The van der Waals surface area contributed by atoms with Gasteiger partial charge in [-0.3, -0.25) is 9.69 Å². The second kappa shape index (κ2) is 9.90. The Morgan fingerprint density at radius 2 is 1.75 bits per heavy atom. The number of benzene rings is 2. The molecule has 0 aliphatic carbocycles. The maximum atomic E-state index is 12.6. The van der Waals surface area contributed by atoms with Crippen LogP contribution in [-0.4, -0.2) is 61.3 Å². The molecule has 1 atom stereocenters. The molecule has 1 saturated heterocycles. The number of hydrogen-bond acceptors (Lipinski definition) is 5. The van der Waals surface area contributed by atoms with E-state index in [-0.39, 0.29) is 5.91 Å². The minimum atomic E-state index is -0.619. The number of carbonyl (C=O) groups is 1. The number of amides is 1. The number of para-hydroxylation sites is 1. The van der Waals surface area contributed by atoms with E-state index in [9.17, 15) is 4.79 Å². The molecule has 0 radical (unpaired) electrons. The minimum Gasteiger partial charge on any atom is -0.496 e. The Balaban J connectivity index is 1.46. The van der Waals surface area contributed by atoms with Crippen molar-refractivity contribution in [3.05, 3.63) is 65.7 Å².